The first kappa shape index (κ1) is 14.7. The Morgan fingerprint density at radius 1 is 1.35 bits per heavy atom. The third-order valence-corrected chi connectivity index (χ3v) is 3.49. The Morgan fingerprint density at radius 3 is 2.85 bits per heavy atom. The third-order valence-electron chi connectivity index (χ3n) is 2.60. The first-order valence-electron chi connectivity index (χ1n) is 6.11. The number of aryl methyl sites for hydroxylation is 1. The van der Waals surface area contributed by atoms with Crippen LogP contribution in [0, 0.1) is 3.57 Å². The van der Waals surface area contributed by atoms with Crippen molar-refractivity contribution in [2.75, 3.05) is 0 Å². The molecular weight excluding hydrogens is 371 g/mol. The Morgan fingerprint density at radius 2 is 2.15 bits per heavy atom. The maximum Gasteiger partial charge on any atom is 0.335 e. The van der Waals surface area contributed by atoms with Crippen molar-refractivity contribution in [3.05, 3.63) is 45.4 Å². The molecule has 1 heterocycles. The fourth-order valence-electron chi connectivity index (χ4n) is 1.65. The number of rotatable bonds is 5. The Hall–Kier alpha value is -1.70. The zero-order valence-electron chi connectivity index (χ0n) is 10.8. The van der Waals surface area contributed by atoms with Crippen LogP contribution in [-0.2, 0) is 6.42 Å². The summed E-state index contributed by atoms with van der Waals surface area (Å²) >= 11 is 2.09. The topological polar surface area (TPSA) is 72.3 Å². The van der Waals surface area contributed by atoms with Gasteiger partial charge in [-0.05, 0) is 47.2 Å². The van der Waals surface area contributed by atoms with E-state index in [9.17, 15) is 4.79 Å². The minimum absolute atomic E-state index is 0.184. The molecule has 0 spiro atoms. The van der Waals surface area contributed by atoms with E-state index in [2.05, 4.69) is 39.5 Å². The molecule has 0 bridgehead atoms. The van der Waals surface area contributed by atoms with Gasteiger partial charge in [0.05, 0.1) is 9.13 Å². The second kappa shape index (κ2) is 6.65. The van der Waals surface area contributed by atoms with Crippen molar-refractivity contribution in [2.45, 2.75) is 19.8 Å². The minimum Gasteiger partial charge on any atom is -0.478 e. The average Bonchev–Trinajstić information content (AvgIpc) is 2.42. The normalized spacial score (nSPS) is 10.3. The predicted octanol–water partition coefficient (Wildman–Crippen LogP) is 3.52. The summed E-state index contributed by atoms with van der Waals surface area (Å²) in [5.41, 5.74) is 1.09. The number of halogens is 1. The smallest absolute Gasteiger partial charge is 0.335 e. The largest absolute Gasteiger partial charge is 0.478 e. The van der Waals surface area contributed by atoms with Crippen molar-refractivity contribution < 1.29 is 14.6 Å². The molecule has 1 aromatic heterocycles. The van der Waals surface area contributed by atoms with E-state index in [0.717, 1.165) is 22.1 Å². The van der Waals surface area contributed by atoms with Crippen molar-refractivity contribution in [1.29, 1.82) is 0 Å². The Labute approximate surface area is 130 Å². The van der Waals surface area contributed by atoms with E-state index in [0.29, 0.717) is 11.6 Å². The van der Waals surface area contributed by atoms with E-state index >= 15 is 0 Å². The SMILES string of the molecule is CCCc1cc(Oc2cc(C(=O)O)ccc2I)ncn1. The van der Waals surface area contributed by atoms with Gasteiger partial charge in [0.25, 0.3) is 0 Å². The molecule has 1 aromatic carbocycles. The highest BCUT2D eigenvalue weighted by atomic mass is 127. The van der Waals surface area contributed by atoms with Crippen LogP contribution in [0.25, 0.3) is 0 Å². The number of carbonyl (C=O) groups is 1. The van der Waals surface area contributed by atoms with Crippen LogP contribution in [0.4, 0.5) is 0 Å². The fourth-order valence-corrected chi connectivity index (χ4v) is 2.10. The first-order valence-corrected chi connectivity index (χ1v) is 7.19. The van der Waals surface area contributed by atoms with E-state index in [1.54, 1.807) is 18.2 Å². The fraction of sp³-hybridized carbons (Fsp3) is 0.214. The number of carboxylic acids is 1. The molecule has 2 rings (SSSR count). The Kier molecular flexibility index (Phi) is 4.89. The van der Waals surface area contributed by atoms with Crippen LogP contribution in [0.2, 0.25) is 0 Å². The monoisotopic (exact) mass is 384 g/mol. The van der Waals surface area contributed by atoms with Crippen LogP contribution in [0.1, 0.15) is 29.4 Å². The molecule has 20 heavy (non-hydrogen) atoms. The standard InChI is InChI=1S/C14H13IN2O3/c1-2-3-10-7-13(17-8-16-10)20-12-6-9(14(18)19)4-5-11(12)15/h4-8H,2-3H2,1H3,(H,18,19). The van der Waals surface area contributed by atoms with Gasteiger partial charge in [0.1, 0.15) is 12.1 Å². The molecule has 0 aliphatic carbocycles. The van der Waals surface area contributed by atoms with Gasteiger partial charge < -0.3 is 9.84 Å². The highest BCUT2D eigenvalue weighted by Gasteiger charge is 2.10. The van der Waals surface area contributed by atoms with E-state index in [4.69, 9.17) is 9.84 Å². The number of ether oxygens (including phenoxy) is 1. The molecule has 0 saturated heterocycles. The summed E-state index contributed by atoms with van der Waals surface area (Å²) in [6.07, 6.45) is 3.29. The molecule has 0 unspecified atom stereocenters. The summed E-state index contributed by atoms with van der Waals surface area (Å²) in [5, 5.41) is 9.00. The number of aromatic nitrogens is 2. The molecule has 0 radical (unpaired) electrons. The Balaban J connectivity index is 2.27. The van der Waals surface area contributed by atoms with Gasteiger partial charge in [-0.15, -0.1) is 0 Å². The van der Waals surface area contributed by atoms with Crippen LogP contribution < -0.4 is 4.74 Å². The summed E-state index contributed by atoms with van der Waals surface area (Å²) < 4.78 is 6.49. The summed E-state index contributed by atoms with van der Waals surface area (Å²) in [7, 11) is 0. The van der Waals surface area contributed by atoms with E-state index in [1.165, 1.54) is 12.4 Å². The lowest BCUT2D eigenvalue weighted by Gasteiger charge is -2.08. The van der Waals surface area contributed by atoms with Crippen LogP contribution in [0.5, 0.6) is 11.6 Å². The first-order chi connectivity index (χ1) is 9.60. The molecule has 0 aliphatic rings. The van der Waals surface area contributed by atoms with Gasteiger partial charge in [-0.2, -0.15) is 0 Å². The number of hydrogen-bond acceptors (Lipinski definition) is 4. The van der Waals surface area contributed by atoms with Gasteiger partial charge in [0, 0.05) is 11.8 Å². The maximum atomic E-state index is 11.0. The van der Waals surface area contributed by atoms with Crippen molar-refractivity contribution in [1.82, 2.24) is 9.97 Å². The van der Waals surface area contributed by atoms with E-state index in [-0.39, 0.29) is 5.56 Å². The summed E-state index contributed by atoms with van der Waals surface area (Å²) in [5.74, 6) is -0.0869. The van der Waals surface area contributed by atoms with Crippen molar-refractivity contribution in [2.24, 2.45) is 0 Å². The molecule has 104 valence electrons. The zero-order valence-corrected chi connectivity index (χ0v) is 13.0. The highest BCUT2D eigenvalue weighted by molar-refractivity contribution is 14.1. The van der Waals surface area contributed by atoms with E-state index < -0.39 is 5.97 Å². The molecule has 0 atom stereocenters. The lowest BCUT2D eigenvalue weighted by atomic mass is 10.2. The quantitative estimate of drug-likeness (QED) is 0.799. The second-order valence-electron chi connectivity index (χ2n) is 4.15. The molecule has 0 aliphatic heterocycles. The number of aromatic carboxylic acids is 1. The molecule has 0 fully saturated rings. The van der Waals surface area contributed by atoms with Gasteiger partial charge in [0.15, 0.2) is 0 Å². The lowest BCUT2D eigenvalue weighted by Crippen LogP contribution is -1.99. The number of nitrogens with zero attached hydrogens (tertiary/aromatic N) is 2. The van der Waals surface area contributed by atoms with Crippen molar-refractivity contribution in [3.8, 4) is 11.6 Å². The molecular formula is C14H13IN2O3. The second-order valence-corrected chi connectivity index (χ2v) is 5.31. The summed E-state index contributed by atoms with van der Waals surface area (Å²) in [6.45, 7) is 2.07. The van der Waals surface area contributed by atoms with Gasteiger partial charge in [0.2, 0.25) is 5.88 Å². The van der Waals surface area contributed by atoms with Crippen molar-refractivity contribution >= 4 is 28.6 Å². The molecule has 0 amide bonds. The van der Waals surface area contributed by atoms with Crippen LogP contribution in [0.3, 0.4) is 0 Å². The van der Waals surface area contributed by atoms with Gasteiger partial charge in [-0.3, -0.25) is 0 Å². The lowest BCUT2D eigenvalue weighted by molar-refractivity contribution is 0.0696. The maximum absolute atomic E-state index is 11.0. The van der Waals surface area contributed by atoms with Gasteiger partial charge in [-0.25, -0.2) is 14.8 Å². The molecule has 1 N–H and O–H groups in total. The minimum atomic E-state index is -0.986. The van der Waals surface area contributed by atoms with Crippen LogP contribution in [-0.4, -0.2) is 21.0 Å². The average molecular weight is 384 g/mol. The Bertz CT molecular complexity index is 632. The molecule has 6 heteroatoms. The predicted molar refractivity (Wildman–Crippen MR) is 82.2 cm³/mol. The van der Waals surface area contributed by atoms with Gasteiger partial charge >= 0.3 is 5.97 Å². The van der Waals surface area contributed by atoms with Crippen LogP contribution >= 0.6 is 22.6 Å². The molecule has 0 saturated carbocycles. The number of carboxylic acid groups (broad SMARTS) is 1. The van der Waals surface area contributed by atoms with Crippen molar-refractivity contribution in [3.63, 3.8) is 0 Å². The third kappa shape index (κ3) is 3.66. The summed E-state index contributed by atoms with van der Waals surface area (Å²) in [4.78, 5) is 19.2. The molecule has 2 aromatic rings. The van der Waals surface area contributed by atoms with E-state index in [1.807, 2.05) is 0 Å². The highest BCUT2D eigenvalue weighted by Crippen LogP contribution is 2.27. The zero-order chi connectivity index (χ0) is 14.5. The number of benzene rings is 1. The number of hydrogen-bond donors (Lipinski definition) is 1. The van der Waals surface area contributed by atoms with Gasteiger partial charge in [-0.1, -0.05) is 13.3 Å². The molecule has 5 nitrogen and oxygen atoms in total. The summed E-state index contributed by atoms with van der Waals surface area (Å²) in [6, 6.07) is 6.51. The van der Waals surface area contributed by atoms with Crippen LogP contribution in [0.15, 0.2) is 30.6 Å².